The second-order valence-electron chi connectivity index (χ2n) is 4.48. The number of carbonyl (C=O) groups excluding carboxylic acids is 1. The maximum atomic E-state index is 11.4. The van der Waals surface area contributed by atoms with Crippen LogP contribution in [-0.2, 0) is 4.79 Å². The van der Waals surface area contributed by atoms with Crippen LogP contribution in [0, 0.1) is 17.3 Å². The third-order valence-electron chi connectivity index (χ3n) is 3.44. The fourth-order valence-electron chi connectivity index (χ4n) is 2.59. The summed E-state index contributed by atoms with van der Waals surface area (Å²) < 4.78 is 0. The summed E-state index contributed by atoms with van der Waals surface area (Å²) in [4.78, 5) is 11.4. The third kappa shape index (κ3) is 0.832. The number of halogens is 1. The summed E-state index contributed by atoms with van der Waals surface area (Å²) in [6.45, 7) is 6.26. The van der Waals surface area contributed by atoms with Crippen molar-refractivity contribution in [3.05, 3.63) is 10.6 Å². The van der Waals surface area contributed by atoms with Crippen molar-refractivity contribution in [3.8, 4) is 0 Å². The van der Waals surface area contributed by atoms with Gasteiger partial charge < -0.3 is 0 Å². The number of ketones is 1. The molecule has 12 heavy (non-hydrogen) atoms. The molecule has 2 heteroatoms. The summed E-state index contributed by atoms with van der Waals surface area (Å²) in [5, 5.41) is 0.707. The van der Waals surface area contributed by atoms with E-state index in [1.807, 2.05) is 6.92 Å². The van der Waals surface area contributed by atoms with Gasteiger partial charge in [0.15, 0.2) is 5.78 Å². The van der Waals surface area contributed by atoms with Gasteiger partial charge in [0, 0.05) is 17.0 Å². The van der Waals surface area contributed by atoms with Gasteiger partial charge in [-0.2, -0.15) is 0 Å². The Labute approximate surface area is 77.8 Å². The minimum Gasteiger partial charge on any atom is -0.294 e. The largest absolute Gasteiger partial charge is 0.294 e. The van der Waals surface area contributed by atoms with Gasteiger partial charge in [-0.05, 0) is 24.2 Å². The molecule has 0 heterocycles. The smallest absolute Gasteiger partial charge is 0.160 e. The molecule has 2 aliphatic rings. The van der Waals surface area contributed by atoms with Crippen molar-refractivity contribution in [2.75, 3.05) is 0 Å². The van der Waals surface area contributed by atoms with Crippen molar-refractivity contribution < 1.29 is 4.79 Å². The molecule has 2 atom stereocenters. The Balaban J connectivity index is 2.37. The van der Waals surface area contributed by atoms with E-state index in [1.54, 1.807) is 0 Å². The Morgan fingerprint density at radius 1 is 1.58 bits per heavy atom. The minimum atomic E-state index is 0.275. The molecule has 1 nitrogen and oxygen atoms in total. The average Bonchev–Trinajstić information content (AvgIpc) is 2.40. The first-order valence-electron chi connectivity index (χ1n) is 4.35. The van der Waals surface area contributed by atoms with Crippen LogP contribution in [-0.4, -0.2) is 5.78 Å². The highest BCUT2D eigenvalue weighted by atomic mass is 35.5. The van der Waals surface area contributed by atoms with Crippen LogP contribution in [0.25, 0.3) is 0 Å². The van der Waals surface area contributed by atoms with Crippen molar-refractivity contribution in [1.82, 2.24) is 0 Å². The van der Waals surface area contributed by atoms with Gasteiger partial charge in [0.25, 0.3) is 0 Å². The number of Topliss-reactive ketones (excluding diaryl/α,β-unsaturated/α-hetero) is 1. The predicted molar refractivity (Wildman–Crippen MR) is 48.9 cm³/mol. The average molecular weight is 185 g/mol. The Bertz CT molecular complexity index is 284. The lowest BCUT2D eigenvalue weighted by molar-refractivity contribution is -0.115. The highest BCUT2D eigenvalue weighted by Gasteiger charge is 2.65. The molecule has 0 spiro atoms. The number of rotatable bonds is 0. The molecule has 2 rings (SSSR count). The quantitative estimate of drug-likeness (QED) is 0.529. The van der Waals surface area contributed by atoms with Gasteiger partial charge in [-0.25, -0.2) is 0 Å². The second-order valence-corrected chi connectivity index (χ2v) is 5.05. The van der Waals surface area contributed by atoms with Gasteiger partial charge in [0.2, 0.25) is 0 Å². The summed E-state index contributed by atoms with van der Waals surface area (Å²) in [6.07, 6.45) is 0.719. The summed E-state index contributed by atoms with van der Waals surface area (Å²) in [7, 11) is 0. The number of hydrogen-bond donors (Lipinski definition) is 0. The Hall–Kier alpha value is -0.300. The first-order valence-corrected chi connectivity index (χ1v) is 4.73. The fraction of sp³-hybridized carbons (Fsp3) is 0.700. The molecular weight excluding hydrogens is 172 g/mol. The number of carbonyl (C=O) groups is 1. The molecule has 0 aromatic heterocycles. The van der Waals surface area contributed by atoms with Crippen LogP contribution in [0.2, 0.25) is 0 Å². The maximum Gasteiger partial charge on any atom is 0.160 e. The van der Waals surface area contributed by atoms with Crippen LogP contribution in [0.15, 0.2) is 10.6 Å². The number of hydrogen-bond acceptors (Lipinski definition) is 1. The van der Waals surface area contributed by atoms with Crippen molar-refractivity contribution in [2.24, 2.45) is 17.3 Å². The number of fused-ring (bicyclic) bond motifs is 1. The van der Waals surface area contributed by atoms with E-state index in [0.717, 1.165) is 12.0 Å². The zero-order valence-corrected chi connectivity index (χ0v) is 8.40. The van der Waals surface area contributed by atoms with E-state index in [9.17, 15) is 4.79 Å². The van der Waals surface area contributed by atoms with Gasteiger partial charge >= 0.3 is 0 Å². The van der Waals surface area contributed by atoms with Gasteiger partial charge in [0.1, 0.15) is 0 Å². The molecule has 0 aromatic rings. The second kappa shape index (κ2) is 2.14. The van der Waals surface area contributed by atoms with E-state index >= 15 is 0 Å². The standard InChI is InChI=1S/C10H13ClO/c1-5(11)8-7(12)4-6-9(8)10(6,2)3/h6,9H,4H2,1-3H3/t6-,9+/m0/s1. The lowest BCUT2D eigenvalue weighted by Gasteiger charge is -2.09. The van der Waals surface area contributed by atoms with Gasteiger partial charge in [0.05, 0.1) is 0 Å². The van der Waals surface area contributed by atoms with Crippen molar-refractivity contribution in [3.63, 3.8) is 0 Å². The monoisotopic (exact) mass is 184 g/mol. The predicted octanol–water partition coefficient (Wildman–Crippen LogP) is 2.74. The molecule has 0 amide bonds. The summed E-state index contributed by atoms with van der Waals surface area (Å²) in [5.74, 6) is 1.31. The Kier molecular flexibility index (Phi) is 1.48. The zero-order valence-electron chi connectivity index (χ0n) is 7.65. The molecular formula is C10H13ClO. The highest BCUT2D eigenvalue weighted by Crippen LogP contribution is 2.68. The van der Waals surface area contributed by atoms with E-state index in [2.05, 4.69) is 13.8 Å². The summed E-state index contributed by atoms with van der Waals surface area (Å²) >= 11 is 5.89. The van der Waals surface area contributed by atoms with Crippen LogP contribution < -0.4 is 0 Å². The van der Waals surface area contributed by atoms with Gasteiger partial charge in [-0.3, -0.25) is 4.79 Å². The molecule has 2 aliphatic carbocycles. The molecule has 0 radical (unpaired) electrons. The normalized spacial score (nSPS) is 41.2. The topological polar surface area (TPSA) is 17.1 Å². The van der Waals surface area contributed by atoms with Crippen molar-refractivity contribution >= 4 is 17.4 Å². The van der Waals surface area contributed by atoms with E-state index in [4.69, 9.17) is 11.6 Å². The molecule has 0 unspecified atom stereocenters. The summed E-state index contributed by atoms with van der Waals surface area (Å²) in [6, 6.07) is 0. The first kappa shape index (κ1) is 8.31. The first-order chi connectivity index (χ1) is 5.46. The van der Waals surface area contributed by atoms with E-state index in [-0.39, 0.29) is 5.78 Å². The van der Waals surface area contributed by atoms with Crippen LogP contribution in [0.3, 0.4) is 0 Å². The molecule has 2 fully saturated rings. The van der Waals surface area contributed by atoms with E-state index in [0.29, 0.717) is 22.3 Å². The zero-order chi connectivity index (χ0) is 9.09. The fourth-order valence-corrected chi connectivity index (χ4v) is 2.81. The van der Waals surface area contributed by atoms with Gasteiger partial charge in [-0.1, -0.05) is 25.4 Å². The van der Waals surface area contributed by atoms with Crippen LogP contribution >= 0.6 is 11.6 Å². The van der Waals surface area contributed by atoms with Crippen LogP contribution in [0.4, 0.5) is 0 Å². The molecule has 0 aromatic carbocycles. The van der Waals surface area contributed by atoms with Crippen molar-refractivity contribution in [2.45, 2.75) is 27.2 Å². The Morgan fingerprint density at radius 3 is 2.50 bits per heavy atom. The molecule has 2 saturated carbocycles. The van der Waals surface area contributed by atoms with Crippen LogP contribution in [0.1, 0.15) is 27.2 Å². The highest BCUT2D eigenvalue weighted by molar-refractivity contribution is 6.32. The molecule has 0 bridgehead atoms. The SMILES string of the molecule is CC(Cl)=C1C(=O)C[C@H]2[C@H]1C2(C)C. The number of allylic oxidation sites excluding steroid dienone is 2. The summed E-state index contributed by atoms with van der Waals surface area (Å²) in [5.41, 5.74) is 1.24. The van der Waals surface area contributed by atoms with Gasteiger partial charge in [-0.15, -0.1) is 0 Å². The van der Waals surface area contributed by atoms with Crippen molar-refractivity contribution in [1.29, 1.82) is 0 Å². The maximum absolute atomic E-state index is 11.4. The third-order valence-corrected chi connectivity index (χ3v) is 3.64. The molecule has 0 aliphatic heterocycles. The minimum absolute atomic E-state index is 0.275. The molecule has 0 N–H and O–H groups in total. The molecule has 0 saturated heterocycles. The Morgan fingerprint density at radius 2 is 2.17 bits per heavy atom. The van der Waals surface area contributed by atoms with E-state index in [1.165, 1.54) is 0 Å². The molecule has 66 valence electrons. The van der Waals surface area contributed by atoms with E-state index < -0.39 is 0 Å². The lowest BCUT2D eigenvalue weighted by atomic mass is 9.96. The van der Waals surface area contributed by atoms with Crippen LogP contribution in [0.5, 0.6) is 0 Å². The lowest BCUT2D eigenvalue weighted by Crippen LogP contribution is -2.08.